The first kappa shape index (κ1) is 19.9. The van der Waals surface area contributed by atoms with E-state index in [1.54, 1.807) is 10.4 Å². The normalized spacial score (nSPS) is 22.1. The van der Waals surface area contributed by atoms with E-state index in [4.69, 9.17) is 0 Å². The van der Waals surface area contributed by atoms with Crippen molar-refractivity contribution >= 4 is 15.9 Å². The van der Waals surface area contributed by atoms with E-state index in [0.717, 1.165) is 32.1 Å². The van der Waals surface area contributed by atoms with Crippen molar-refractivity contribution in [3.63, 3.8) is 0 Å². The molecule has 0 bridgehead atoms. The third-order valence-electron chi connectivity index (χ3n) is 6.38. The summed E-state index contributed by atoms with van der Waals surface area (Å²) in [6.07, 6.45) is 8.92. The monoisotopic (exact) mass is 405 g/mol. The van der Waals surface area contributed by atoms with Gasteiger partial charge in [0.15, 0.2) is 0 Å². The zero-order chi connectivity index (χ0) is 19.6. The van der Waals surface area contributed by atoms with Crippen LogP contribution in [0.1, 0.15) is 49.7 Å². The van der Waals surface area contributed by atoms with Gasteiger partial charge in [0, 0.05) is 32.2 Å². The zero-order valence-corrected chi connectivity index (χ0v) is 17.3. The van der Waals surface area contributed by atoms with Crippen LogP contribution in [-0.2, 0) is 27.7 Å². The molecule has 2 fully saturated rings. The highest BCUT2D eigenvalue weighted by atomic mass is 32.2. The molecule has 1 heterocycles. The van der Waals surface area contributed by atoms with Crippen molar-refractivity contribution in [2.24, 2.45) is 0 Å². The van der Waals surface area contributed by atoms with Gasteiger partial charge in [0.05, 0.1) is 11.4 Å². The predicted molar refractivity (Wildman–Crippen MR) is 109 cm³/mol. The number of benzene rings is 1. The quantitative estimate of drug-likeness (QED) is 0.813. The average Bonchev–Trinajstić information content (AvgIpc) is 3.21. The lowest BCUT2D eigenvalue weighted by atomic mass is 9.92. The smallest absolute Gasteiger partial charge is 0.243 e. The van der Waals surface area contributed by atoms with Gasteiger partial charge >= 0.3 is 0 Å². The Morgan fingerprint density at radius 1 is 0.964 bits per heavy atom. The number of sulfonamides is 1. The molecule has 0 atom stereocenters. The minimum Gasteiger partial charge on any atom is -0.352 e. The van der Waals surface area contributed by atoms with Gasteiger partial charge in [-0.15, -0.1) is 0 Å². The molecule has 1 saturated carbocycles. The molecule has 154 valence electrons. The molecule has 6 nitrogen and oxygen atoms in total. The molecule has 1 N–H and O–H groups in total. The van der Waals surface area contributed by atoms with E-state index >= 15 is 0 Å². The number of aryl methyl sites for hydroxylation is 2. The number of hydrogen-bond donors (Lipinski definition) is 1. The van der Waals surface area contributed by atoms with Crippen molar-refractivity contribution in [1.29, 1.82) is 0 Å². The highest BCUT2D eigenvalue weighted by molar-refractivity contribution is 7.89. The summed E-state index contributed by atoms with van der Waals surface area (Å²) in [5, 5.41) is 3.11. The third kappa shape index (κ3) is 4.42. The van der Waals surface area contributed by atoms with E-state index in [1.807, 2.05) is 12.1 Å². The Morgan fingerprint density at radius 3 is 2.36 bits per heavy atom. The Labute approximate surface area is 168 Å². The maximum absolute atomic E-state index is 13.1. The van der Waals surface area contributed by atoms with Crippen LogP contribution < -0.4 is 5.32 Å². The van der Waals surface area contributed by atoms with Crippen LogP contribution in [0.15, 0.2) is 23.1 Å². The molecule has 1 saturated heterocycles. The van der Waals surface area contributed by atoms with Gasteiger partial charge in [-0.25, -0.2) is 8.42 Å². The van der Waals surface area contributed by atoms with Gasteiger partial charge in [0.25, 0.3) is 0 Å². The van der Waals surface area contributed by atoms with Gasteiger partial charge in [0.2, 0.25) is 15.9 Å². The molecule has 3 aliphatic rings. The number of fused-ring (bicyclic) bond motifs is 1. The average molecular weight is 406 g/mol. The van der Waals surface area contributed by atoms with Crippen LogP contribution in [-0.4, -0.2) is 62.3 Å². The number of rotatable bonds is 5. The van der Waals surface area contributed by atoms with Crippen LogP contribution in [0.5, 0.6) is 0 Å². The lowest BCUT2D eigenvalue weighted by Gasteiger charge is -2.34. The summed E-state index contributed by atoms with van der Waals surface area (Å²) in [5.74, 6) is 0.0675. The fourth-order valence-corrected chi connectivity index (χ4v) is 6.17. The molecule has 4 rings (SSSR count). The maximum atomic E-state index is 13.1. The molecule has 2 aliphatic carbocycles. The number of carbonyl (C=O) groups is 1. The number of nitrogens with zero attached hydrogens (tertiary/aromatic N) is 2. The summed E-state index contributed by atoms with van der Waals surface area (Å²) in [7, 11) is -3.46. The molecule has 1 aromatic carbocycles. The Balaban J connectivity index is 1.33. The second kappa shape index (κ2) is 8.51. The van der Waals surface area contributed by atoms with E-state index in [2.05, 4.69) is 10.2 Å². The van der Waals surface area contributed by atoms with E-state index in [0.29, 0.717) is 43.7 Å². The Bertz CT molecular complexity index is 810. The van der Waals surface area contributed by atoms with Gasteiger partial charge in [-0.05, 0) is 61.8 Å². The van der Waals surface area contributed by atoms with Gasteiger partial charge < -0.3 is 5.32 Å². The SMILES string of the molecule is O=C(CN1CCN(S(=O)(=O)c2ccc3c(c2)CCCC3)CC1)NC1CCCC1. The molecule has 1 amide bonds. The van der Waals surface area contributed by atoms with E-state index in [1.165, 1.54) is 30.4 Å². The van der Waals surface area contributed by atoms with Crippen molar-refractivity contribution in [2.45, 2.75) is 62.3 Å². The highest BCUT2D eigenvalue weighted by Gasteiger charge is 2.30. The second-order valence-corrected chi connectivity index (χ2v) is 10.3. The number of hydrogen-bond acceptors (Lipinski definition) is 4. The molecule has 1 aromatic rings. The molecular formula is C21H31N3O3S. The Hall–Kier alpha value is -1.44. The Morgan fingerprint density at radius 2 is 1.64 bits per heavy atom. The predicted octanol–water partition coefficient (Wildman–Crippen LogP) is 1.93. The highest BCUT2D eigenvalue weighted by Crippen LogP contribution is 2.26. The standard InChI is InChI=1S/C21H31N3O3S/c25-21(22-19-7-3-4-8-19)16-23-11-13-24(14-12-23)28(26,27)20-10-9-17-5-1-2-6-18(17)15-20/h9-10,15,19H,1-8,11-14,16H2,(H,22,25). The summed E-state index contributed by atoms with van der Waals surface area (Å²) in [6.45, 7) is 2.44. The molecule has 0 radical (unpaired) electrons. The number of nitrogens with one attached hydrogen (secondary N) is 1. The van der Waals surface area contributed by atoms with Crippen LogP contribution in [0.4, 0.5) is 0 Å². The first-order valence-corrected chi connectivity index (χ1v) is 12.1. The molecule has 0 spiro atoms. The van der Waals surface area contributed by atoms with Crippen molar-refractivity contribution in [3.8, 4) is 0 Å². The lowest BCUT2D eigenvalue weighted by molar-refractivity contribution is -0.123. The van der Waals surface area contributed by atoms with Crippen molar-refractivity contribution < 1.29 is 13.2 Å². The van der Waals surface area contributed by atoms with E-state index in [-0.39, 0.29) is 5.91 Å². The first-order chi connectivity index (χ1) is 13.5. The summed E-state index contributed by atoms with van der Waals surface area (Å²) in [5.41, 5.74) is 2.48. The van der Waals surface area contributed by atoms with Gasteiger partial charge in [-0.2, -0.15) is 4.31 Å². The van der Waals surface area contributed by atoms with Crippen LogP contribution in [0, 0.1) is 0 Å². The van der Waals surface area contributed by atoms with Crippen molar-refractivity contribution in [1.82, 2.24) is 14.5 Å². The summed E-state index contributed by atoms with van der Waals surface area (Å²) < 4.78 is 27.7. The molecule has 0 unspecified atom stereocenters. The van der Waals surface area contributed by atoms with Crippen LogP contribution >= 0.6 is 0 Å². The summed E-state index contributed by atoms with van der Waals surface area (Å²) >= 11 is 0. The molecular weight excluding hydrogens is 374 g/mol. The molecule has 7 heteroatoms. The van der Waals surface area contributed by atoms with Crippen LogP contribution in [0.2, 0.25) is 0 Å². The van der Waals surface area contributed by atoms with Crippen molar-refractivity contribution in [2.75, 3.05) is 32.7 Å². The zero-order valence-electron chi connectivity index (χ0n) is 16.5. The number of amides is 1. The summed E-state index contributed by atoms with van der Waals surface area (Å²) in [6, 6.07) is 5.97. The van der Waals surface area contributed by atoms with E-state index < -0.39 is 10.0 Å². The minimum absolute atomic E-state index is 0.0675. The number of carbonyl (C=O) groups excluding carboxylic acids is 1. The molecule has 1 aliphatic heterocycles. The topological polar surface area (TPSA) is 69.7 Å². The fourth-order valence-electron chi connectivity index (χ4n) is 4.69. The fraction of sp³-hybridized carbons (Fsp3) is 0.667. The first-order valence-electron chi connectivity index (χ1n) is 10.7. The van der Waals surface area contributed by atoms with Crippen LogP contribution in [0.3, 0.4) is 0 Å². The maximum Gasteiger partial charge on any atom is 0.243 e. The lowest BCUT2D eigenvalue weighted by Crippen LogP contribution is -2.51. The largest absolute Gasteiger partial charge is 0.352 e. The van der Waals surface area contributed by atoms with Crippen LogP contribution in [0.25, 0.3) is 0 Å². The van der Waals surface area contributed by atoms with Gasteiger partial charge in [-0.1, -0.05) is 18.9 Å². The third-order valence-corrected chi connectivity index (χ3v) is 8.27. The molecule has 0 aromatic heterocycles. The second-order valence-electron chi connectivity index (χ2n) is 8.37. The van der Waals surface area contributed by atoms with Gasteiger partial charge in [0.1, 0.15) is 0 Å². The molecule has 28 heavy (non-hydrogen) atoms. The number of piperazine rings is 1. The van der Waals surface area contributed by atoms with Crippen molar-refractivity contribution in [3.05, 3.63) is 29.3 Å². The van der Waals surface area contributed by atoms with Gasteiger partial charge in [-0.3, -0.25) is 9.69 Å². The Kier molecular flexibility index (Phi) is 6.04. The summed E-state index contributed by atoms with van der Waals surface area (Å²) in [4.78, 5) is 14.7. The van der Waals surface area contributed by atoms with E-state index in [9.17, 15) is 13.2 Å². The minimum atomic E-state index is -3.46.